The number of carbonyl (C=O) groups is 1. The monoisotopic (exact) mass is 189 g/mol. The van der Waals surface area contributed by atoms with Crippen molar-refractivity contribution >= 4 is 23.8 Å². The van der Waals surface area contributed by atoms with E-state index in [2.05, 4.69) is 13.2 Å². The molecule has 0 aromatic heterocycles. The summed E-state index contributed by atoms with van der Waals surface area (Å²) in [4.78, 5) is 10.7. The van der Waals surface area contributed by atoms with Crippen molar-refractivity contribution in [1.82, 2.24) is 0 Å². The number of hydrogen-bond acceptors (Lipinski definition) is 2. The molecule has 3 heteroatoms. The first kappa shape index (κ1) is 10.1. The van der Waals surface area contributed by atoms with Gasteiger partial charge in [0.25, 0.3) is 0 Å². The second-order valence-electron chi connectivity index (χ2n) is 2.78. The maximum absolute atomic E-state index is 10.7. The van der Waals surface area contributed by atoms with Gasteiger partial charge in [-0.2, -0.15) is 0 Å². The number of hydrogen-bond donors (Lipinski definition) is 2. The van der Waals surface area contributed by atoms with E-state index in [0.29, 0.717) is 5.56 Å². The average Bonchev–Trinajstić information content (AvgIpc) is 2.16. The number of anilines is 1. The summed E-state index contributed by atoms with van der Waals surface area (Å²) in [5.41, 5.74) is 7.38. The second kappa shape index (κ2) is 3.79. The number of carboxylic acid groups (broad SMARTS) is 1. The molecule has 14 heavy (non-hydrogen) atoms. The van der Waals surface area contributed by atoms with Gasteiger partial charge in [-0.05, 0) is 23.3 Å². The number of nitrogens with two attached hydrogens (primary N) is 1. The van der Waals surface area contributed by atoms with Gasteiger partial charge >= 0.3 is 5.97 Å². The van der Waals surface area contributed by atoms with E-state index in [1.165, 1.54) is 6.07 Å². The van der Waals surface area contributed by atoms with Gasteiger partial charge in [0.1, 0.15) is 0 Å². The minimum atomic E-state index is -1.04. The van der Waals surface area contributed by atoms with Gasteiger partial charge in [-0.1, -0.05) is 25.3 Å². The Labute approximate surface area is 82.2 Å². The zero-order chi connectivity index (χ0) is 10.7. The molecular formula is C11H11NO2. The van der Waals surface area contributed by atoms with Gasteiger partial charge in [-0.25, -0.2) is 4.79 Å². The largest absolute Gasteiger partial charge is 0.478 e. The van der Waals surface area contributed by atoms with Crippen molar-refractivity contribution in [2.24, 2.45) is 0 Å². The Balaban J connectivity index is 3.44. The predicted octanol–water partition coefficient (Wildman–Crippen LogP) is 2.25. The molecule has 1 aromatic rings. The van der Waals surface area contributed by atoms with Gasteiger partial charge in [0.15, 0.2) is 0 Å². The van der Waals surface area contributed by atoms with Crippen LogP contribution in [0.2, 0.25) is 0 Å². The van der Waals surface area contributed by atoms with Crippen molar-refractivity contribution in [3.63, 3.8) is 0 Å². The Morgan fingerprint density at radius 3 is 2.21 bits per heavy atom. The quantitative estimate of drug-likeness (QED) is 0.717. The molecular weight excluding hydrogens is 178 g/mol. The number of aromatic carboxylic acids is 1. The fraction of sp³-hybridized carbons (Fsp3) is 0. The Kier molecular flexibility index (Phi) is 2.72. The summed E-state index contributed by atoms with van der Waals surface area (Å²) in [5.74, 6) is -1.04. The van der Waals surface area contributed by atoms with Crippen LogP contribution in [0.1, 0.15) is 21.5 Å². The van der Waals surface area contributed by atoms with Crippen LogP contribution in [-0.2, 0) is 0 Å². The Morgan fingerprint density at radius 1 is 1.29 bits per heavy atom. The zero-order valence-corrected chi connectivity index (χ0v) is 7.66. The van der Waals surface area contributed by atoms with Gasteiger partial charge in [0.05, 0.1) is 5.56 Å². The Bertz CT molecular complexity index is 408. The third kappa shape index (κ3) is 1.66. The van der Waals surface area contributed by atoms with Crippen LogP contribution in [0.25, 0.3) is 12.2 Å². The lowest BCUT2D eigenvalue weighted by Crippen LogP contribution is -2.03. The first-order valence-electron chi connectivity index (χ1n) is 4.01. The van der Waals surface area contributed by atoms with Crippen LogP contribution in [-0.4, -0.2) is 11.1 Å². The van der Waals surface area contributed by atoms with E-state index >= 15 is 0 Å². The molecule has 0 heterocycles. The maximum atomic E-state index is 10.7. The molecule has 1 rings (SSSR count). The van der Waals surface area contributed by atoms with Crippen LogP contribution in [0.3, 0.4) is 0 Å². The fourth-order valence-corrected chi connectivity index (χ4v) is 1.19. The standard InChI is InChI=1S/C11H11NO2/c1-3-7-5-9(11(13)14)10(12)6-8(7)4-2/h3-6H,1-2,12H2,(H,13,14). The van der Waals surface area contributed by atoms with Crippen LogP contribution in [0.4, 0.5) is 5.69 Å². The molecule has 0 unspecified atom stereocenters. The molecule has 0 saturated carbocycles. The highest BCUT2D eigenvalue weighted by Crippen LogP contribution is 2.21. The number of benzene rings is 1. The highest BCUT2D eigenvalue weighted by atomic mass is 16.4. The van der Waals surface area contributed by atoms with Crippen molar-refractivity contribution in [3.8, 4) is 0 Å². The van der Waals surface area contributed by atoms with Gasteiger partial charge < -0.3 is 10.8 Å². The van der Waals surface area contributed by atoms with Crippen molar-refractivity contribution in [1.29, 1.82) is 0 Å². The molecule has 0 fully saturated rings. The first-order chi connectivity index (χ1) is 6.60. The average molecular weight is 189 g/mol. The molecule has 0 bridgehead atoms. The summed E-state index contributed by atoms with van der Waals surface area (Å²) >= 11 is 0. The molecule has 0 saturated heterocycles. The second-order valence-corrected chi connectivity index (χ2v) is 2.78. The number of nitrogen functional groups attached to an aromatic ring is 1. The molecule has 0 aliphatic rings. The maximum Gasteiger partial charge on any atom is 0.337 e. The molecule has 1 aromatic carbocycles. The van der Waals surface area contributed by atoms with E-state index in [9.17, 15) is 4.79 Å². The third-order valence-electron chi connectivity index (χ3n) is 1.93. The number of carboxylic acids is 1. The molecule has 0 atom stereocenters. The van der Waals surface area contributed by atoms with Gasteiger partial charge in [-0.3, -0.25) is 0 Å². The van der Waals surface area contributed by atoms with Gasteiger partial charge in [0, 0.05) is 5.69 Å². The SMILES string of the molecule is C=Cc1cc(N)c(C(=O)O)cc1C=C. The van der Waals surface area contributed by atoms with Gasteiger partial charge in [0.2, 0.25) is 0 Å². The smallest absolute Gasteiger partial charge is 0.337 e. The molecule has 3 nitrogen and oxygen atoms in total. The summed E-state index contributed by atoms with van der Waals surface area (Å²) < 4.78 is 0. The fourth-order valence-electron chi connectivity index (χ4n) is 1.19. The normalized spacial score (nSPS) is 9.43. The van der Waals surface area contributed by atoms with Crippen LogP contribution in [0, 0.1) is 0 Å². The van der Waals surface area contributed by atoms with E-state index in [0.717, 1.165) is 5.56 Å². The highest BCUT2D eigenvalue weighted by Gasteiger charge is 2.09. The summed E-state index contributed by atoms with van der Waals surface area (Å²) in [7, 11) is 0. The topological polar surface area (TPSA) is 63.3 Å². The minimum Gasteiger partial charge on any atom is -0.478 e. The molecule has 0 spiro atoms. The summed E-state index contributed by atoms with van der Waals surface area (Å²) in [6.45, 7) is 7.19. The van der Waals surface area contributed by atoms with Crippen LogP contribution < -0.4 is 5.73 Å². The number of rotatable bonds is 3. The summed E-state index contributed by atoms with van der Waals surface area (Å²) in [5, 5.41) is 8.81. The van der Waals surface area contributed by atoms with Crippen molar-refractivity contribution < 1.29 is 9.90 Å². The van der Waals surface area contributed by atoms with E-state index in [1.54, 1.807) is 18.2 Å². The minimum absolute atomic E-state index is 0.0884. The lowest BCUT2D eigenvalue weighted by atomic mass is 10.0. The van der Waals surface area contributed by atoms with E-state index < -0.39 is 5.97 Å². The van der Waals surface area contributed by atoms with Crippen LogP contribution in [0.5, 0.6) is 0 Å². The third-order valence-corrected chi connectivity index (χ3v) is 1.93. The van der Waals surface area contributed by atoms with Gasteiger partial charge in [-0.15, -0.1) is 0 Å². The Hall–Kier alpha value is -2.03. The van der Waals surface area contributed by atoms with Crippen molar-refractivity contribution in [2.75, 3.05) is 5.73 Å². The molecule has 0 aliphatic heterocycles. The van der Waals surface area contributed by atoms with Crippen molar-refractivity contribution in [3.05, 3.63) is 42.0 Å². The molecule has 0 aliphatic carbocycles. The van der Waals surface area contributed by atoms with Crippen LogP contribution >= 0.6 is 0 Å². The molecule has 0 amide bonds. The molecule has 0 radical (unpaired) electrons. The highest BCUT2D eigenvalue weighted by molar-refractivity contribution is 5.95. The predicted molar refractivity (Wildman–Crippen MR) is 58.0 cm³/mol. The van der Waals surface area contributed by atoms with E-state index in [-0.39, 0.29) is 11.3 Å². The van der Waals surface area contributed by atoms with Crippen LogP contribution in [0.15, 0.2) is 25.3 Å². The lowest BCUT2D eigenvalue weighted by Gasteiger charge is -2.06. The van der Waals surface area contributed by atoms with E-state index in [4.69, 9.17) is 10.8 Å². The first-order valence-corrected chi connectivity index (χ1v) is 4.01. The van der Waals surface area contributed by atoms with Crippen molar-refractivity contribution in [2.45, 2.75) is 0 Å². The molecule has 3 N–H and O–H groups in total. The summed E-state index contributed by atoms with van der Waals surface area (Å²) in [6, 6.07) is 3.06. The molecule has 72 valence electrons. The lowest BCUT2D eigenvalue weighted by molar-refractivity contribution is 0.0698. The Morgan fingerprint density at radius 2 is 1.79 bits per heavy atom. The van der Waals surface area contributed by atoms with E-state index in [1.807, 2.05) is 0 Å². The summed E-state index contributed by atoms with van der Waals surface area (Å²) in [6.07, 6.45) is 3.18. The zero-order valence-electron chi connectivity index (χ0n) is 7.66.